The molecule has 0 aliphatic heterocycles. The first-order valence-electron chi connectivity index (χ1n) is 26.7. The molecule has 373 valence electrons. The van der Waals surface area contributed by atoms with Crippen molar-refractivity contribution in [2.45, 2.75) is 149 Å². The first kappa shape index (κ1) is 51.5. The summed E-state index contributed by atoms with van der Waals surface area (Å²) in [5.41, 5.74) is 17.8. The van der Waals surface area contributed by atoms with Crippen LogP contribution < -0.4 is 5.19 Å². The van der Waals surface area contributed by atoms with Crippen LogP contribution in [0.3, 0.4) is 0 Å². The van der Waals surface area contributed by atoms with Gasteiger partial charge < -0.3 is 14.0 Å². The number of pyridine rings is 1. The van der Waals surface area contributed by atoms with Crippen LogP contribution >= 0.6 is 0 Å². The molecule has 11 rings (SSSR count). The molecule has 0 unspecified atom stereocenters. The topological polar surface area (TPSA) is 43.9 Å². The summed E-state index contributed by atoms with van der Waals surface area (Å²) in [6.45, 7) is 23.3. The van der Waals surface area contributed by atoms with Gasteiger partial charge in [-0.1, -0.05) is 184 Å². The van der Waals surface area contributed by atoms with Crippen molar-refractivity contribution in [3.63, 3.8) is 0 Å². The second-order valence-corrected chi connectivity index (χ2v) is 28.5. The molecule has 72 heavy (non-hydrogen) atoms. The van der Waals surface area contributed by atoms with Crippen molar-refractivity contribution in [3.8, 4) is 39.5 Å². The first-order valence-corrected chi connectivity index (χ1v) is 30.2. The van der Waals surface area contributed by atoms with Crippen LogP contribution in [0.4, 0.5) is 0 Å². The van der Waals surface area contributed by atoms with Crippen molar-refractivity contribution >= 4 is 46.2 Å². The molecule has 6 aromatic carbocycles. The van der Waals surface area contributed by atoms with Gasteiger partial charge in [0, 0.05) is 37.4 Å². The van der Waals surface area contributed by atoms with Crippen LogP contribution in [0.5, 0.6) is 0 Å². The van der Waals surface area contributed by atoms with Gasteiger partial charge >= 0.3 is 0 Å². The predicted molar refractivity (Wildman–Crippen MR) is 303 cm³/mol. The number of aromatic nitrogens is 3. The van der Waals surface area contributed by atoms with Gasteiger partial charge in [-0.15, -0.1) is 53.6 Å². The fourth-order valence-electron chi connectivity index (χ4n) is 11.6. The molecule has 1 radical (unpaired) electrons. The third kappa shape index (κ3) is 10.5. The quantitative estimate of drug-likeness (QED) is 0.101. The normalized spacial score (nSPS) is 14.7. The molecule has 0 N–H and O–H groups in total. The Labute approximate surface area is 444 Å². The summed E-state index contributed by atoms with van der Waals surface area (Å²) in [7, 11) is -1.39. The van der Waals surface area contributed by atoms with E-state index in [1.165, 1.54) is 96.9 Å². The van der Waals surface area contributed by atoms with Crippen LogP contribution in [0, 0.1) is 18.1 Å². The molecule has 2 aliphatic carbocycles. The van der Waals surface area contributed by atoms with E-state index >= 15 is 0 Å². The van der Waals surface area contributed by atoms with Gasteiger partial charge in [0.2, 0.25) is 0 Å². The maximum absolute atomic E-state index is 6.77. The van der Waals surface area contributed by atoms with Gasteiger partial charge in [0.05, 0.1) is 30.5 Å². The van der Waals surface area contributed by atoms with Crippen LogP contribution in [-0.2, 0) is 31.9 Å². The van der Waals surface area contributed by atoms with Gasteiger partial charge in [0.1, 0.15) is 5.58 Å². The zero-order valence-electron chi connectivity index (χ0n) is 44.4. The second-order valence-electron chi connectivity index (χ2n) is 23.4. The molecular weight excluding hydrogens is 1070 g/mol. The number of furan rings is 1. The van der Waals surface area contributed by atoms with E-state index < -0.39 is 8.07 Å². The van der Waals surface area contributed by atoms with E-state index in [1.54, 1.807) is 10.8 Å². The molecule has 3 aromatic heterocycles. The van der Waals surface area contributed by atoms with E-state index in [4.69, 9.17) is 14.4 Å². The maximum Gasteiger partial charge on any atom is 0.121 e. The molecule has 0 saturated heterocycles. The number of benzene rings is 6. The minimum Gasteiger partial charge on any atom is -0.501 e. The standard InChI is InChI=1S/C42H39N2O.C24H34NSi.Ir/c1-26(2)35-23-31(29-13-6-5-7-14-29)24-36(27(3)4)40(35)44-38-20-11-10-19-37(38)43-42(44)34-18-12-17-33-32-22-21-30(28-15-8-9-16-28)25-39(32)45-41(33)34;1-24(2,3)21-13-9-12-19(15-21)22-16-20(14-18-10-7-8-11-18)23(17-25-22)26(4,5)6;/h5-7,10-14,17,19-28H,8-9,15-16H2,1-4H3;9,13,15-18H,7-8,10-11,14H2,1-6H3;/q2*-1;. The Morgan fingerprint density at radius 1 is 0.708 bits per heavy atom. The monoisotopic (exact) mass is 1140 g/mol. The molecule has 9 aromatic rings. The Hall–Kier alpha value is -5.39. The predicted octanol–water partition coefficient (Wildman–Crippen LogP) is 18.1. The van der Waals surface area contributed by atoms with Crippen LogP contribution in [0.2, 0.25) is 19.6 Å². The molecule has 4 nitrogen and oxygen atoms in total. The van der Waals surface area contributed by atoms with Gasteiger partial charge in [-0.3, -0.25) is 4.98 Å². The Balaban J connectivity index is 0.000000203. The Kier molecular flexibility index (Phi) is 15.2. The van der Waals surface area contributed by atoms with E-state index in [0.29, 0.717) is 17.8 Å². The van der Waals surface area contributed by atoms with Crippen LogP contribution in [0.25, 0.3) is 72.4 Å². The van der Waals surface area contributed by atoms with E-state index in [9.17, 15) is 0 Å². The summed E-state index contributed by atoms with van der Waals surface area (Å²) < 4.78 is 9.16. The summed E-state index contributed by atoms with van der Waals surface area (Å²) in [5, 5.41) is 3.81. The summed E-state index contributed by atoms with van der Waals surface area (Å²) in [6.07, 6.45) is 14.2. The van der Waals surface area contributed by atoms with Crippen molar-refractivity contribution in [2.75, 3.05) is 0 Å². The largest absolute Gasteiger partial charge is 0.501 e. The van der Waals surface area contributed by atoms with Crippen LogP contribution in [-0.4, -0.2) is 22.6 Å². The first-order chi connectivity index (χ1) is 34.1. The summed E-state index contributed by atoms with van der Waals surface area (Å²) in [5.74, 6) is 2.98. The van der Waals surface area contributed by atoms with E-state index in [2.05, 4.69) is 206 Å². The molecule has 3 heterocycles. The van der Waals surface area contributed by atoms with Gasteiger partial charge in [-0.05, 0) is 117 Å². The number of nitrogens with zero attached hydrogens (tertiary/aromatic N) is 3. The summed E-state index contributed by atoms with van der Waals surface area (Å²) in [6, 6.07) is 50.9. The van der Waals surface area contributed by atoms with Gasteiger partial charge in [0.15, 0.2) is 0 Å². The van der Waals surface area contributed by atoms with Crippen LogP contribution in [0.15, 0.2) is 132 Å². The Morgan fingerprint density at radius 3 is 2.06 bits per heavy atom. The Morgan fingerprint density at radius 2 is 1.38 bits per heavy atom. The molecule has 0 spiro atoms. The number of rotatable bonds is 10. The number of imidazole rings is 1. The van der Waals surface area contributed by atoms with Crippen molar-refractivity contribution in [2.24, 2.45) is 5.92 Å². The minimum absolute atomic E-state index is 0. The van der Waals surface area contributed by atoms with Crippen LogP contribution in [0.1, 0.15) is 145 Å². The minimum atomic E-state index is -1.39. The third-order valence-corrected chi connectivity index (χ3v) is 17.6. The third-order valence-electron chi connectivity index (χ3n) is 15.5. The van der Waals surface area contributed by atoms with Gasteiger partial charge in [0.25, 0.3) is 0 Å². The molecule has 2 saturated carbocycles. The number of para-hydroxylation sites is 2. The molecular formula is C66H73IrN3OSi-2. The zero-order valence-corrected chi connectivity index (χ0v) is 47.8. The number of fused-ring (bicyclic) bond motifs is 4. The molecule has 6 heteroatoms. The Bertz CT molecular complexity index is 3310. The van der Waals surface area contributed by atoms with E-state index in [1.807, 2.05) is 6.07 Å². The average Bonchev–Trinajstić information content (AvgIpc) is 4.21. The fourth-order valence-corrected chi connectivity index (χ4v) is 13.2. The molecule has 0 amide bonds. The fraction of sp³-hybridized carbons (Fsp3) is 0.364. The van der Waals surface area contributed by atoms with Crippen molar-refractivity contribution in [1.82, 2.24) is 14.5 Å². The molecule has 2 aliphatic rings. The molecule has 0 atom stereocenters. The number of hydrogen-bond acceptors (Lipinski definition) is 3. The zero-order chi connectivity index (χ0) is 49.6. The summed E-state index contributed by atoms with van der Waals surface area (Å²) in [4.78, 5) is 10.2. The van der Waals surface area contributed by atoms with Gasteiger partial charge in [-0.25, -0.2) is 0 Å². The smallest absolute Gasteiger partial charge is 0.121 e. The number of hydrogen-bond donors (Lipinski definition) is 0. The second kappa shape index (κ2) is 21.2. The average molecular weight is 1140 g/mol. The summed E-state index contributed by atoms with van der Waals surface area (Å²) >= 11 is 0. The SMILES string of the molecule is CC(C)(C)c1cc[c-]c(-c2cc(CC3CCCC3)c([Si](C)(C)C)cn2)c1.CC(C)c1cc(-c2ccccc2)cc(C(C)C)c1-n1c(-c2[c-]ccc3c2oc2cc(C4CCCC4)ccc23)nc2ccccc21.[Ir]. The van der Waals surface area contributed by atoms with E-state index in [-0.39, 0.29) is 25.5 Å². The molecule has 0 bridgehead atoms. The molecule has 2 fully saturated rings. The van der Waals surface area contributed by atoms with Crippen molar-refractivity contribution in [1.29, 1.82) is 0 Å². The van der Waals surface area contributed by atoms with E-state index in [0.717, 1.165) is 61.5 Å². The van der Waals surface area contributed by atoms with Gasteiger partial charge in [-0.2, -0.15) is 0 Å². The maximum atomic E-state index is 6.77. The van der Waals surface area contributed by atoms with Crippen molar-refractivity contribution in [3.05, 3.63) is 167 Å². The van der Waals surface area contributed by atoms with Crippen molar-refractivity contribution < 1.29 is 24.5 Å².